The first-order chi connectivity index (χ1) is 18.2. The van der Waals surface area contributed by atoms with E-state index < -0.39 is 23.5 Å². The monoisotopic (exact) mass is 516 g/mol. The van der Waals surface area contributed by atoms with Crippen LogP contribution in [0.25, 0.3) is 12.2 Å². The summed E-state index contributed by atoms with van der Waals surface area (Å²) in [6.45, 7) is 1.20. The maximum absolute atomic E-state index is 12.5. The van der Waals surface area contributed by atoms with Gasteiger partial charge in [-0.1, -0.05) is 36.4 Å². The zero-order valence-electron chi connectivity index (χ0n) is 20.5. The lowest BCUT2D eigenvalue weighted by Crippen LogP contribution is -2.12. The van der Waals surface area contributed by atoms with Crippen LogP contribution in [-0.2, 0) is 14.4 Å². The molecular weight excluding hydrogens is 492 g/mol. The number of carbonyl (C=O) groups is 4. The average molecular weight is 517 g/mol. The smallest absolute Gasteiger partial charge is 0.347 e. The number of benzene rings is 3. The van der Waals surface area contributed by atoms with Gasteiger partial charge in [0.05, 0.1) is 13.5 Å². The van der Waals surface area contributed by atoms with Crippen molar-refractivity contribution in [3.63, 3.8) is 0 Å². The molecule has 2 N–H and O–H groups in total. The number of para-hydroxylation sites is 1. The summed E-state index contributed by atoms with van der Waals surface area (Å²) in [6.07, 6.45) is 5.00. The topological polar surface area (TPSA) is 136 Å². The molecule has 0 aliphatic rings. The van der Waals surface area contributed by atoms with Crippen LogP contribution >= 0.6 is 0 Å². The van der Waals surface area contributed by atoms with E-state index >= 15 is 0 Å². The number of hydrogen-bond donors (Lipinski definition) is 2. The van der Waals surface area contributed by atoms with E-state index in [-0.39, 0.29) is 40.7 Å². The van der Waals surface area contributed by atoms with Gasteiger partial charge in [0, 0.05) is 6.92 Å². The fourth-order valence-electron chi connectivity index (χ4n) is 3.22. The summed E-state index contributed by atoms with van der Waals surface area (Å²) in [5, 5.41) is 19.9. The molecule has 0 aliphatic heterocycles. The van der Waals surface area contributed by atoms with Crippen molar-refractivity contribution in [1.82, 2.24) is 0 Å². The Morgan fingerprint density at radius 3 is 2.00 bits per heavy atom. The van der Waals surface area contributed by atoms with Gasteiger partial charge in [0.15, 0.2) is 34.6 Å². The average Bonchev–Trinajstić information content (AvgIpc) is 2.88. The molecule has 194 valence electrons. The van der Waals surface area contributed by atoms with Gasteiger partial charge < -0.3 is 24.4 Å². The minimum absolute atomic E-state index is 0.0000606. The highest BCUT2D eigenvalue weighted by Gasteiger charge is 2.17. The molecule has 0 atom stereocenters. The van der Waals surface area contributed by atoms with E-state index in [1.54, 1.807) is 24.3 Å². The van der Waals surface area contributed by atoms with Crippen molar-refractivity contribution in [2.75, 3.05) is 7.11 Å². The molecule has 3 aromatic rings. The number of methoxy groups -OCH3 is 1. The molecule has 0 bridgehead atoms. The number of esters is 2. The lowest BCUT2D eigenvalue weighted by atomic mass is 10.1. The Balaban J connectivity index is 1.60. The number of ketones is 2. The second kappa shape index (κ2) is 12.7. The van der Waals surface area contributed by atoms with Crippen LogP contribution < -0.4 is 14.2 Å². The molecule has 3 rings (SSSR count). The highest BCUT2D eigenvalue weighted by molar-refractivity contribution is 6.10. The van der Waals surface area contributed by atoms with Crippen molar-refractivity contribution in [3.8, 4) is 28.7 Å². The highest BCUT2D eigenvalue weighted by Crippen LogP contribution is 2.30. The molecule has 0 unspecified atom stereocenters. The molecular formula is C29H24O9. The van der Waals surface area contributed by atoms with Crippen LogP contribution in [0, 0.1) is 0 Å². The predicted molar refractivity (Wildman–Crippen MR) is 138 cm³/mol. The lowest BCUT2D eigenvalue weighted by Gasteiger charge is -2.10. The summed E-state index contributed by atoms with van der Waals surface area (Å²) in [5.41, 5.74) is 1.04. The Hall–Kier alpha value is -5.18. The Morgan fingerprint density at radius 2 is 1.37 bits per heavy atom. The van der Waals surface area contributed by atoms with Gasteiger partial charge in [0.1, 0.15) is 11.3 Å². The number of phenolic OH excluding ortho intramolecular Hbond substituents is 2. The number of allylic oxidation sites excluding steroid dienone is 2. The summed E-state index contributed by atoms with van der Waals surface area (Å²) in [7, 11) is 1.41. The largest absolute Gasteiger partial charge is 0.504 e. The molecule has 0 saturated carbocycles. The number of aromatic hydroxyl groups is 2. The molecule has 0 amide bonds. The van der Waals surface area contributed by atoms with Crippen molar-refractivity contribution in [3.05, 3.63) is 89.5 Å². The van der Waals surface area contributed by atoms with E-state index in [1.165, 1.54) is 74.7 Å². The third kappa shape index (κ3) is 7.66. The van der Waals surface area contributed by atoms with E-state index in [0.717, 1.165) is 0 Å². The van der Waals surface area contributed by atoms with Crippen LogP contribution in [0.1, 0.15) is 34.8 Å². The summed E-state index contributed by atoms with van der Waals surface area (Å²) in [6, 6.07) is 14.7. The molecule has 0 aromatic heterocycles. The summed E-state index contributed by atoms with van der Waals surface area (Å²) in [5.74, 6) is -2.57. The van der Waals surface area contributed by atoms with E-state index in [4.69, 9.17) is 14.2 Å². The van der Waals surface area contributed by atoms with Gasteiger partial charge in [0.2, 0.25) is 0 Å². The molecule has 0 spiro atoms. The van der Waals surface area contributed by atoms with Crippen molar-refractivity contribution in [2.24, 2.45) is 0 Å². The van der Waals surface area contributed by atoms with Gasteiger partial charge in [0.25, 0.3) is 0 Å². The zero-order chi connectivity index (χ0) is 27.7. The third-order valence-corrected chi connectivity index (χ3v) is 5.02. The van der Waals surface area contributed by atoms with Gasteiger partial charge in [-0.05, 0) is 59.7 Å². The van der Waals surface area contributed by atoms with E-state index in [2.05, 4.69) is 0 Å². The first-order valence-electron chi connectivity index (χ1n) is 11.3. The van der Waals surface area contributed by atoms with Crippen molar-refractivity contribution in [1.29, 1.82) is 0 Å². The van der Waals surface area contributed by atoms with Crippen LogP contribution in [0.4, 0.5) is 0 Å². The second-order valence-electron chi connectivity index (χ2n) is 7.91. The molecule has 38 heavy (non-hydrogen) atoms. The molecule has 0 fully saturated rings. The van der Waals surface area contributed by atoms with Crippen LogP contribution in [0.15, 0.2) is 72.8 Å². The molecule has 0 aliphatic carbocycles. The quantitative estimate of drug-likeness (QED) is 0.173. The Labute approximate surface area is 218 Å². The van der Waals surface area contributed by atoms with Crippen LogP contribution in [0.2, 0.25) is 0 Å². The second-order valence-corrected chi connectivity index (χ2v) is 7.91. The molecule has 9 nitrogen and oxygen atoms in total. The Morgan fingerprint density at radius 1 is 0.737 bits per heavy atom. The minimum atomic E-state index is -0.840. The number of ether oxygens (including phenoxy) is 3. The predicted octanol–water partition coefficient (Wildman–Crippen LogP) is 4.51. The number of hydrogen-bond acceptors (Lipinski definition) is 9. The molecule has 0 heterocycles. The SMILES string of the molecule is COc1cc(/C=C/C(=O)CC(=O)/C=C/c2ccc(OC(=O)c3ccccc3OC(C)=O)c(O)c2)ccc1O. The maximum Gasteiger partial charge on any atom is 0.347 e. The van der Waals surface area contributed by atoms with Crippen molar-refractivity contribution < 1.29 is 43.6 Å². The minimum Gasteiger partial charge on any atom is -0.504 e. The lowest BCUT2D eigenvalue weighted by molar-refractivity contribution is -0.132. The first-order valence-corrected chi connectivity index (χ1v) is 11.3. The maximum atomic E-state index is 12.5. The molecule has 3 aromatic carbocycles. The van der Waals surface area contributed by atoms with E-state index in [9.17, 15) is 29.4 Å². The third-order valence-electron chi connectivity index (χ3n) is 5.02. The first kappa shape index (κ1) is 27.4. The molecule has 9 heteroatoms. The van der Waals surface area contributed by atoms with E-state index in [1.807, 2.05) is 0 Å². The van der Waals surface area contributed by atoms with Crippen LogP contribution in [0.5, 0.6) is 28.7 Å². The van der Waals surface area contributed by atoms with E-state index in [0.29, 0.717) is 11.1 Å². The Kier molecular flexibility index (Phi) is 9.15. The summed E-state index contributed by atoms with van der Waals surface area (Å²) >= 11 is 0. The normalized spacial score (nSPS) is 10.9. The highest BCUT2D eigenvalue weighted by atomic mass is 16.6. The Bertz CT molecular complexity index is 1430. The van der Waals surface area contributed by atoms with Gasteiger partial charge in [-0.15, -0.1) is 0 Å². The molecule has 0 radical (unpaired) electrons. The van der Waals surface area contributed by atoms with Crippen LogP contribution in [0.3, 0.4) is 0 Å². The van der Waals surface area contributed by atoms with Crippen LogP contribution in [-0.4, -0.2) is 40.8 Å². The van der Waals surface area contributed by atoms with Gasteiger partial charge in [-0.3, -0.25) is 14.4 Å². The molecule has 0 saturated heterocycles. The fraction of sp³-hybridized carbons (Fsp3) is 0.103. The van der Waals surface area contributed by atoms with Gasteiger partial charge >= 0.3 is 11.9 Å². The summed E-state index contributed by atoms with van der Waals surface area (Å²) < 4.78 is 15.2. The summed E-state index contributed by atoms with van der Waals surface area (Å²) in [4.78, 5) is 48.1. The van der Waals surface area contributed by atoms with Crippen molar-refractivity contribution >= 4 is 35.7 Å². The van der Waals surface area contributed by atoms with Gasteiger partial charge in [-0.2, -0.15) is 0 Å². The number of phenols is 2. The van der Waals surface area contributed by atoms with Gasteiger partial charge in [-0.25, -0.2) is 4.79 Å². The number of carbonyl (C=O) groups excluding carboxylic acids is 4. The number of rotatable bonds is 10. The standard InChI is InChI=1S/C29H24O9/c1-18(30)37-26-6-4-3-5-23(26)29(35)38-27-14-10-19(15-25(27)34)7-11-21(31)17-22(32)12-8-20-9-13-24(33)28(16-20)36-2/h3-16,33-34H,17H2,1-2H3/b11-7+,12-8+. The fourth-order valence-corrected chi connectivity index (χ4v) is 3.22. The zero-order valence-corrected chi connectivity index (χ0v) is 20.5. The van der Waals surface area contributed by atoms with Crippen molar-refractivity contribution in [2.45, 2.75) is 13.3 Å².